The quantitative estimate of drug-likeness (QED) is 0.831. The third kappa shape index (κ3) is 2.36. The third-order valence-electron chi connectivity index (χ3n) is 2.90. The van der Waals surface area contributed by atoms with Crippen LogP contribution in [0.15, 0.2) is 18.2 Å². The normalized spacial score (nSPS) is 19.8. The first-order chi connectivity index (χ1) is 7.68. The molecular formula is C12H15ClN2O. The van der Waals surface area contributed by atoms with Gasteiger partial charge in [0.2, 0.25) is 5.91 Å². The summed E-state index contributed by atoms with van der Waals surface area (Å²) in [7, 11) is 0. The summed E-state index contributed by atoms with van der Waals surface area (Å²) in [5.74, 6) is 0.0304. The van der Waals surface area contributed by atoms with Gasteiger partial charge < -0.3 is 10.6 Å². The van der Waals surface area contributed by atoms with Crippen LogP contribution in [-0.4, -0.2) is 18.5 Å². The maximum absolute atomic E-state index is 11.9. The van der Waals surface area contributed by atoms with Crippen LogP contribution in [0.3, 0.4) is 0 Å². The van der Waals surface area contributed by atoms with Gasteiger partial charge in [0.05, 0.1) is 6.04 Å². The Morgan fingerprint density at radius 1 is 1.56 bits per heavy atom. The van der Waals surface area contributed by atoms with Crippen molar-refractivity contribution in [2.45, 2.75) is 25.8 Å². The van der Waals surface area contributed by atoms with Crippen LogP contribution < -0.4 is 10.6 Å². The molecule has 0 aromatic heterocycles. The molecule has 1 amide bonds. The molecule has 1 unspecified atom stereocenters. The molecule has 0 saturated carbocycles. The number of anilines is 1. The van der Waals surface area contributed by atoms with Crippen LogP contribution in [0.4, 0.5) is 5.69 Å². The minimum Gasteiger partial charge on any atom is -0.324 e. The van der Waals surface area contributed by atoms with Crippen molar-refractivity contribution in [3.63, 3.8) is 0 Å². The second-order valence-electron chi connectivity index (χ2n) is 4.05. The molecule has 3 nitrogen and oxygen atoms in total. The number of nitrogens with one attached hydrogen (secondary N) is 2. The second kappa shape index (κ2) is 4.85. The average molecular weight is 239 g/mol. The first-order valence-corrected chi connectivity index (χ1v) is 5.85. The molecule has 1 aliphatic rings. The Hall–Kier alpha value is -1.06. The lowest BCUT2D eigenvalue weighted by Gasteiger charge is -2.13. The molecule has 0 radical (unpaired) electrons. The van der Waals surface area contributed by atoms with E-state index < -0.39 is 0 Å². The zero-order valence-electron chi connectivity index (χ0n) is 9.22. The highest BCUT2D eigenvalue weighted by molar-refractivity contribution is 6.31. The van der Waals surface area contributed by atoms with E-state index in [0.717, 1.165) is 30.6 Å². The lowest BCUT2D eigenvalue weighted by Crippen LogP contribution is -2.35. The van der Waals surface area contributed by atoms with Crippen LogP contribution in [0.1, 0.15) is 18.4 Å². The molecule has 86 valence electrons. The highest BCUT2D eigenvalue weighted by atomic mass is 35.5. The van der Waals surface area contributed by atoms with Crippen molar-refractivity contribution in [1.82, 2.24) is 5.32 Å². The first-order valence-electron chi connectivity index (χ1n) is 5.48. The number of carbonyl (C=O) groups is 1. The number of rotatable bonds is 2. The molecular weight excluding hydrogens is 224 g/mol. The van der Waals surface area contributed by atoms with Gasteiger partial charge in [-0.15, -0.1) is 0 Å². The zero-order chi connectivity index (χ0) is 11.5. The van der Waals surface area contributed by atoms with E-state index in [4.69, 9.17) is 11.6 Å². The van der Waals surface area contributed by atoms with Gasteiger partial charge in [-0.05, 0) is 44.0 Å². The lowest BCUT2D eigenvalue weighted by atomic mass is 10.1. The van der Waals surface area contributed by atoms with Gasteiger partial charge in [0.25, 0.3) is 0 Å². The monoisotopic (exact) mass is 238 g/mol. The van der Waals surface area contributed by atoms with Crippen LogP contribution in [0.2, 0.25) is 5.02 Å². The van der Waals surface area contributed by atoms with E-state index in [1.54, 1.807) is 0 Å². The predicted octanol–water partition coefficient (Wildman–Crippen LogP) is 2.34. The summed E-state index contributed by atoms with van der Waals surface area (Å²) in [5.41, 5.74) is 1.71. The highest BCUT2D eigenvalue weighted by Gasteiger charge is 2.22. The van der Waals surface area contributed by atoms with Crippen LogP contribution in [0.25, 0.3) is 0 Å². The van der Waals surface area contributed by atoms with Crippen molar-refractivity contribution in [3.8, 4) is 0 Å². The van der Waals surface area contributed by atoms with Gasteiger partial charge in [0, 0.05) is 10.7 Å². The van der Waals surface area contributed by atoms with E-state index in [1.165, 1.54) is 0 Å². The number of benzene rings is 1. The van der Waals surface area contributed by atoms with Gasteiger partial charge in [-0.3, -0.25) is 4.79 Å². The van der Waals surface area contributed by atoms with Crippen LogP contribution >= 0.6 is 11.6 Å². The maximum Gasteiger partial charge on any atom is 0.241 e. The molecule has 1 aliphatic heterocycles. The maximum atomic E-state index is 11.9. The number of carbonyl (C=O) groups excluding carboxylic acids is 1. The summed E-state index contributed by atoms with van der Waals surface area (Å²) in [6.07, 6.45) is 1.97. The molecule has 16 heavy (non-hydrogen) atoms. The summed E-state index contributed by atoms with van der Waals surface area (Å²) in [5, 5.41) is 6.75. The van der Waals surface area contributed by atoms with Crippen molar-refractivity contribution in [3.05, 3.63) is 28.8 Å². The van der Waals surface area contributed by atoms with E-state index in [0.29, 0.717) is 5.02 Å². The van der Waals surface area contributed by atoms with Crippen LogP contribution in [0.5, 0.6) is 0 Å². The Morgan fingerprint density at radius 2 is 2.38 bits per heavy atom. The fourth-order valence-corrected chi connectivity index (χ4v) is 2.05. The summed E-state index contributed by atoms with van der Waals surface area (Å²) in [4.78, 5) is 11.9. The molecule has 1 aromatic carbocycles. The van der Waals surface area contributed by atoms with Gasteiger partial charge in [-0.1, -0.05) is 17.7 Å². The van der Waals surface area contributed by atoms with Crippen molar-refractivity contribution in [2.75, 3.05) is 11.9 Å². The van der Waals surface area contributed by atoms with E-state index in [-0.39, 0.29) is 11.9 Å². The number of hydrogen-bond acceptors (Lipinski definition) is 2. The lowest BCUT2D eigenvalue weighted by molar-refractivity contribution is -0.117. The average Bonchev–Trinajstić information content (AvgIpc) is 2.78. The van der Waals surface area contributed by atoms with Crippen LogP contribution in [-0.2, 0) is 4.79 Å². The molecule has 1 aromatic rings. The Labute approximate surface area is 100 Å². The van der Waals surface area contributed by atoms with E-state index in [2.05, 4.69) is 10.6 Å². The molecule has 4 heteroatoms. The Balaban J connectivity index is 2.08. The minimum atomic E-state index is -0.0571. The van der Waals surface area contributed by atoms with Crippen LogP contribution in [0, 0.1) is 6.92 Å². The fraction of sp³-hybridized carbons (Fsp3) is 0.417. The topological polar surface area (TPSA) is 41.1 Å². The predicted molar refractivity (Wildman–Crippen MR) is 65.8 cm³/mol. The molecule has 1 fully saturated rings. The summed E-state index contributed by atoms with van der Waals surface area (Å²) < 4.78 is 0. The van der Waals surface area contributed by atoms with E-state index in [9.17, 15) is 4.79 Å². The Bertz CT molecular complexity index is 400. The van der Waals surface area contributed by atoms with Gasteiger partial charge in [0.15, 0.2) is 0 Å². The number of amides is 1. The molecule has 1 saturated heterocycles. The van der Waals surface area contributed by atoms with Gasteiger partial charge in [-0.25, -0.2) is 0 Å². The standard InChI is InChI=1S/C12H15ClN2O/c1-8-9(13)4-2-5-10(8)15-12(16)11-6-3-7-14-11/h2,4-5,11,14H,3,6-7H2,1H3,(H,15,16). The fourth-order valence-electron chi connectivity index (χ4n) is 1.87. The molecule has 0 spiro atoms. The Kier molecular flexibility index (Phi) is 3.46. The molecule has 0 aliphatic carbocycles. The first kappa shape index (κ1) is 11.4. The smallest absolute Gasteiger partial charge is 0.241 e. The largest absolute Gasteiger partial charge is 0.324 e. The molecule has 1 atom stereocenters. The molecule has 2 rings (SSSR count). The molecule has 0 bridgehead atoms. The summed E-state index contributed by atoms with van der Waals surface area (Å²) >= 11 is 5.99. The third-order valence-corrected chi connectivity index (χ3v) is 3.31. The van der Waals surface area contributed by atoms with Gasteiger partial charge in [0.1, 0.15) is 0 Å². The summed E-state index contributed by atoms with van der Waals surface area (Å²) in [6, 6.07) is 5.47. The highest BCUT2D eigenvalue weighted by Crippen LogP contribution is 2.23. The minimum absolute atomic E-state index is 0.0304. The molecule has 2 N–H and O–H groups in total. The van der Waals surface area contributed by atoms with E-state index in [1.807, 2.05) is 25.1 Å². The van der Waals surface area contributed by atoms with Gasteiger partial charge in [-0.2, -0.15) is 0 Å². The van der Waals surface area contributed by atoms with Crippen molar-refractivity contribution >= 4 is 23.2 Å². The molecule has 1 heterocycles. The number of halogens is 1. The van der Waals surface area contributed by atoms with Gasteiger partial charge >= 0.3 is 0 Å². The SMILES string of the molecule is Cc1c(Cl)cccc1NC(=O)C1CCCN1. The number of hydrogen-bond donors (Lipinski definition) is 2. The van der Waals surface area contributed by atoms with Crippen molar-refractivity contribution in [2.24, 2.45) is 0 Å². The zero-order valence-corrected chi connectivity index (χ0v) is 9.97. The van der Waals surface area contributed by atoms with E-state index >= 15 is 0 Å². The summed E-state index contributed by atoms with van der Waals surface area (Å²) in [6.45, 7) is 2.83. The Morgan fingerprint density at radius 3 is 3.06 bits per heavy atom. The van der Waals surface area contributed by atoms with Crippen molar-refractivity contribution in [1.29, 1.82) is 0 Å². The van der Waals surface area contributed by atoms with Crippen molar-refractivity contribution < 1.29 is 4.79 Å². The second-order valence-corrected chi connectivity index (χ2v) is 4.46.